The van der Waals surface area contributed by atoms with Crippen molar-refractivity contribution in [2.24, 2.45) is 7.05 Å². The van der Waals surface area contributed by atoms with Gasteiger partial charge in [-0.1, -0.05) is 22.0 Å². The molecule has 0 saturated heterocycles. The number of aryl methyl sites for hydroxylation is 1. The van der Waals surface area contributed by atoms with Crippen LogP contribution < -0.4 is 0 Å². The zero-order chi connectivity index (χ0) is 13.1. The molecule has 0 atom stereocenters. The molecule has 1 aromatic heterocycles. The van der Waals surface area contributed by atoms with Gasteiger partial charge in [0, 0.05) is 23.6 Å². The zero-order valence-electron chi connectivity index (χ0n) is 10.3. The molecule has 0 N–H and O–H groups in total. The Hall–Kier alpha value is -1.27. The van der Waals surface area contributed by atoms with Gasteiger partial charge in [0.1, 0.15) is 18.0 Å². The highest BCUT2D eigenvalue weighted by Gasteiger charge is 2.11. The van der Waals surface area contributed by atoms with Crippen LogP contribution in [0.15, 0.2) is 29.0 Å². The topological polar surface area (TPSA) is 34.0 Å². The molecule has 4 nitrogen and oxygen atoms in total. The number of aromatic nitrogens is 3. The van der Waals surface area contributed by atoms with Crippen molar-refractivity contribution in [2.75, 3.05) is 7.05 Å². The first kappa shape index (κ1) is 13.2. The molecule has 0 aliphatic heterocycles. The van der Waals surface area contributed by atoms with Gasteiger partial charge in [0.25, 0.3) is 0 Å². The van der Waals surface area contributed by atoms with Crippen LogP contribution in [0.3, 0.4) is 0 Å². The largest absolute Gasteiger partial charge is 0.295 e. The second-order valence-corrected chi connectivity index (χ2v) is 5.03. The summed E-state index contributed by atoms with van der Waals surface area (Å²) >= 11 is 3.37. The van der Waals surface area contributed by atoms with E-state index in [1.165, 1.54) is 12.4 Å². The molecule has 0 unspecified atom stereocenters. The first-order valence-electron chi connectivity index (χ1n) is 5.52. The van der Waals surface area contributed by atoms with Crippen molar-refractivity contribution in [3.8, 4) is 0 Å². The summed E-state index contributed by atoms with van der Waals surface area (Å²) < 4.78 is 16.2. The molecule has 2 aromatic rings. The molecule has 1 heterocycles. The predicted octanol–water partition coefficient (Wildman–Crippen LogP) is 2.35. The van der Waals surface area contributed by atoms with E-state index in [-0.39, 0.29) is 5.82 Å². The monoisotopic (exact) mass is 312 g/mol. The number of halogens is 2. The minimum Gasteiger partial charge on any atom is -0.295 e. The van der Waals surface area contributed by atoms with Crippen molar-refractivity contribution in [1.29, 1.82) is 0 Å². The van der Waals surface area contributed by atoms with Crippen molar-refractivity contribution >= 4 is 15.9 Å². The quantitative estimate of drug-likeness (QED) is 0.869. The van der Waals surface area contributed by atoms with Crippen LogP contribution in [0.4, 0.5) is 4.39 Å². The van der Waals surface area contributed by atoms with E-state index in [2.05, 4.69) is 26.0 Å². The molecule has 0 spiro atoms. The lowest BCUT2D eigenvalue weighted by Gasteiger charge is -2.17. The Bertz CT molecular complexity index is 520. The van der Waals surface area contributed by atoms with Crippen molar-refractivity contribution in [3.05, 3.63) is 46.2 Å². The van der Waals surface area contributed by atoms with E-state index in [1.807, 2.05) is 25.1 Å². The normalized spacial score (nSPS) is 11.2. The number of hydrogen-bond donors (Lipinski definition) is 0. The van der Waals surface area contributed by atoms with Gasteiger partial charge in [0.15, 0.2) is 0 Å². The SMILES string of the molecule is CN(Cc1c(F)cccc1Br)Cc1ncnn1C. The Balaban J connectivity index is 2.08. The van der Waals surface area contributed by atoms with E-state index in [1.54, 1.807) is 10.7 Å². The molecule has 0 saturated carbocycles. The molecular formula is C12H14BrFN4. The fourth-order valence-corrected chi connectivity index (χ4v) is 2.18. The molecule has 0 aliphatic rings. The van der Waals surface area contributed by atoms with E-state index in [4.69, 9.17) is 0 Å². The van der Waals surface area contributed by atoms with E-state index < -0.39 is 0 Å². The molecule has 6 heteroatoms. The Kier molecular flexibility index (Phi) is 4.08. The van der Waals surface area contributed by atoms with Crippen LogP contribution in [-0.2, 0) is 20.1 Å². The summed E-state index contributed by atoms with van der Waals surface area (Å²) in [5.74, 6) is 0.652. The van der Waals surface area contributed by atoms with Crippen LogP contribution in [0, 0.1) is 5.82 Å². The average molecular weight is 313 g/mol. The second-order valence-electron chi connectivity index (χ2n) is 4.17. The summed E-state index contributed by atoms with van der Waals surface area (Å²) in [6, 6.07) is 5.00. The molecule has 0 fully saturated rings. The molecule has 0 radical (unpaired) electrons. The summed E-state index contributed by atoms with van der Waals surface area (Å²) in [6.07, 6.45) is 1.52. The van der Waals surface area contributed by atoms with Crippen LogP contribution >= 0.6 is 15.9 Å². The van der Waals surface area contributed by atoms with E-state index in [0.29, 0.717) is 18.7 Å². The third kappa shape index (κ3) is 2.94. The summed E-state index contributed by atoms with van der Waals surface area (Å²) in [5, 5.41) is 4.01. The van der Waals surface area contributed by atoms with Crippen molar-refractivity contribution in [1.82, 2.24) is 19.7 Å². The summed E-state index contributed by atoms with van der Waals surface area (Å²) in [6.45, 7) is 1.14. The third-order valence-electron chi connectivity index (χ3n) is 2.71. The van der Waals surface area contributed by atoms with Crippen LogP contribution in [0.1, 0.15) is 11.4 Å². The maximum absolute atomic E-state index is 13.7. The molecule has 18 heavy (non-hydrogen) atoms. The van der Waals surface area contributed by atoms with Crippen molar-refractivity contribution in [3.63, 3.8) is 0 Å². The molecule has 2 rings (SSSR count). The Morgan fingerprint density at radius 3 is 2.78 bits per heavy atom. The van der Waals surface area contributed by atoms with Gasteiger partial charge < -0.3 is 0 Å². The summed E-state index contributed by atoms with van der Waals surface area (Å²) in [4.78, 5) is 6.14. The molecule has 0 bridgehead atoms. The van der Waals surface area contributed by atoms with Crippen LogP contribution in [0.2, 0.25) is 0 Å². The Labute approximate surface area is 114 Å². The number of hydrogen-bond acceptors (Lipinski definition) is 3. The van der Waals surface area contributed by atoms with Crippen molar-refractivity contribution < 1.29 is 4.39 Å². The first-order valence-corrected chi connectivity index (χ1v) is 6.31. The van der Waals surface area contributed by atoms with Gasteiger partial charge in [0.05, 0.1) is 6.54 Å². The molecule has 1 aromatic carbocycles. The minimum absolute atomic E-state index is 0.200. The van der Waals surface area contributed by atoms with Gasteiger partial charge in [0.2, 0.25) is 0 Å². The highest BCUT2D eigenvalue weighted by Crippen LogP contribution is 2.21. The second kappa shape index (κ2) is 5.58. The smallest absolute Gasteiger partial charge is 0.140 e. The highest BCUT2D eigenvalue weighted by atomic mass is 79.9. The minimum atomic E-state index is -0.200. The first-order chi connectivity index (χ1) is 8.58. The molecule has 0 amide bonds. The van der Waals surface area contributed by atoms with Crippen LogP contribution in [0.25, 0.3) is 0 Å². The van der Waals surface area contributed by atoms with Crippen LogP contribution in [0.5, 0.6) is 0 Å². The highest BCUT2D eigenvalue weighted by molar-refractivity contribution is 9.10. The van der Waals surface area contributed by atoms with E-state index in [0.717, 1.165) is 10.3 Å². The Morgan fingerprint density at radius 1 is 1.39 bits per heavy atom. The predicted molar refractivity (Wildman–Crippen MR) is 70.3 cm³/mol. The number of nitrogens with zero attached hydrogens (tertiary/aromatic N) is 4. The number of rotatable bonds is 4. The maximum Gasteiger partial charge on any atom is 0.140 e. The molecular weight excluding hydrogens is 299 g/mol. The number of benzene rings is 1. The van der Waals surface area contributed by atoms with Gasteiger partial charge in [-0.3, -0.25) is 9.58 Å². The van der Waals surface area contributed by atoms with Gasteiger partial charge in [-0.05, 0) is 19.2 Å². The third-order valence-corrected chi connectivity index (χ3v) is 3.45. The van der Waals surface area contributed by atoms with Gasteiger partial charge >= 0.3 is 0 Å². The zero-order valence-corrected chi connectivity index (χ0v) is 11.9. The van der Waals surface area contributed by atoms with Crippen molar-refractivity contribution in [2.45, 2.75) is 13.1 Å². The summed E-state index contributed by atoms with van der Waals surface area (Å²) in [7, 11) is 3.77. The van der Waals surface area contributed by atoms with Gasteiger partial charge in [-0.2, -0.15) is 5.10 Å². The van der Waals surface area contributed by atoms with Crippen LogP contribution in [-0.4, -0.2) is 26.7 Å². The lowest BCUT2D eigenvalue weighted by atomic mass is 10.2. The van der Waals surface area contributed by atoms with E-state index in [9.17, 15) is 4.39 Å². The molecule has 96 valence electrons. The fraction of sp³-hybridized carbons (Fsp3) is 0.333. The van der Waals surface area contributed by atoms with Gasteiger partial charge in [-0.15, -0.1) is 0 Å². The fourth-order valence-electron chi connectivity index (χ4n) is 1.71. The van der Waals surface area contributed by atoms with E-state index >= 15 is 0 Å². The lowest BCUT2D eigenvalue weighted by Crippen LogP contribution is -2.20. The average Bonchev–Trinajstić information content (AvgIpc) is 2.70. The standard InChI is InChI=1S/C12H14BrFN4/c1-17(7-12-15-8-16-18(12)2)6-9-10(13)4-3-5-11(9)14/h3-5,8H,6-7H2,1-2H3. The summed E-state index contributed by atoms with van der Waals surface area (Å²) in [5.41, 5.74) is 0.655. The van der Waals surface area contributed by atoms with Gasteiger partial charge in [-0.25, -0.2) is 9.37 Å². The molecule has 0 aliphatic carbocycles. The Morgan fingerprint density at radius 2 is 2.17 bits per heavy atom. The lowest BCUT2D eigenvalue weighted by molar-refractivity contribution is 0.300. The maximum atomic E-state index is 13.7.